The minimum Gasteiger partial charge on any atom is -0.489 e. The van der Waals surface area contributed by atoms with E-state index in [0.29, 0.717) is 48.4 Å². The number of piperidine rings is 1. The van der Waals surface area contributed by atoms with Gasteiger partial charge in [-0.2, -0.15) is 23.1 Å². The molecule has 5 heterocycles. The number of halogens is 3. The van der Waals surface area contributed by atoms with Crippen LogP contribution >= 0.6 is 0 Å². The highest BCUT2D eigenvalue weighted by Crippen LogP contribution is 2.49. The summed E-state index contributed by atoms with van der Waals surface area (Å²) in [5.41, 5.74) is 4.32. The Balaban J connectivity index is 0.832. The monoisotopic (exact) mass is 813 g/mol. The Labute approximate surface area is 341 Å². The zero-order valence-electron chi connectivity index (χ0n) is 32.1. The number of nitrogens with zero attached hydrogens (tertiary/aromatic N) is 7. The third kappa shape index (κ3) is 8.00. The van der Waals surface area contributed by atoms with E-state index in [9.17, 15) is 27.6 Å². The van der Waals surface area contributed by atoms with Crippen LogP contribution in [0.5, 0.6) is 5.75 Å². The Morgan fingerprint density at radius 2 is 1.33 bits per heavy atom. The van der Waals surface area contributed by atoms with Crippen LogP contribution in [-0.4, -0.2) is 71.1 Å². The number of hydrogen-bond acceptors (Lipinski definition) is 8. The van der Waals surface area contributed by atoms with E-state index in [2.05, 4.69) is 30.8 Å². The Kier molecular flexibility index (Phi) is 9.98. The van der Waals surface area contributed by atoms with Crippen LogP contribution in [0.15, 0.2) is 115 Å². The molecule has 304 valence electrons. The van der Waals surface area contributed by atoms with Gasteiger partial charge >= 0.3 is 6.18 Å². The first-order chi connectivity index (χ1) is 29.0. The lowest BCUT2D eigenvalue weighted by molar-refractivity contribution is -0.184. The molecule has 16 heteroatoms. The minimum atomic E-state index is -4.35. The highest BCUT2D eigenvalue weighted by molar-refractivity contribution is 6.01. The van der Waals surface area contributed by atoms with Gasteiger partial charge in [0.1, 0.15) is 12.4 Å². The predicted octanol–water partition coefficient (Wildman–Crippen LogP) is 7.85. The molecule has 0 spiro atoms. The molecule has 3 amide bonds. The number of alkyl halides is 3. The molecule has 9 rings (SSSR count). The van der Waals surface area contributed by atoms with E-state index in [1.165, 1.54) is 4.90 Å². The molecule has 2 N–H and O–H groups in total. The van der Waals surface area contributed by atoms with E-state index in [4.69, 9.17) is 4.74 Å². The van der Waals surface area contributed by atoms with Crippen LogP contribution < -0.4 is 15.4 Å². The second-order valence-electron chi connectivity index (χ2n) is 15.2. The number of likely N-dealkylation sites (tertiary alicyclic amines) is 1. The van der Waals surface area contributed by atoms with Crippen molar-refractivity contribution >= 4 is 40.9 Å². The molecular formula is C44H38F3N9O4. The third-order valence-corrected chi connectivity index (χ3v) is 11.0. The number of rotatable bonds is 11. The van der Waals surface area contributed by atoms with Gasteiger partial charge < -0.3 is 9.64 Å². The molecule has 3 aromatic carbocycles. The number of benzene rings is 3. The van der Waals surface area contributed by atoms with E-state index < -0.39 is 29.3 Å². The van der Waals surface area contributed by atoms with Gasteiger partial charge in [-0.05, 0) is 91.9 Å². The van der Waals surface area contributed by atoms with Crippen LogP contribution in [0.25, 0.3) is 33.8 Å². The van der Waals surface area contributed by atoms with Crippen molar-refractivity contribution < 1.29 is 32.3 Å². The Hall–Kier alpha value is -7.10. The number of aromatic nitrogens is 6. The van der Waals surface area contributed by atoms with E-state index in [1.807, 2.05) is 66.7 Å². The van der Waals surface area contributed by atoms with Gasteiger partial charge in [0.25, 0.3) is 5.91 Å². The van der Waals surface area contributed by atoms with Crippen molar-refractivity contribution in [2.75, 3.05) is 23.7 Å². The van der Waals surface area contributed by atoms with Crippen molar-refractivity contribution in [2.24, 2.45) is 11.3 Å². The van der Waals surface area contributed by atoms with Crippen LogP contribution in [0.1, 0.15) is 48.0 Å². The topological polar surface area (TPSA) is 148 Å². The average molecular weight is 814 g/mol. The maximum Gasteiger partial charge on any atom is 0.393 e. The van der Waals surface area contributed by atoms with Crippen molar-refractivity contribution in [3.8, 4) is 28.3 Å². The summed E-state index contributed by atoms with van der Waals surface area (Å²) in [4.78, 5) is 50.2. The van der Waals surface area contributed by atoms with E-state index in [-0.39, 0.29) is 49.3 Å². The first-order valence-corrected chi connectivity index (χ1v) is 19.6. The van der Waals surface area contributed by atoms with Crippen molar-refractivity contribution in [3.63, 3.8) is 0 Å². The number of nitrogens with one attached hydrogen (secondary N) is 2. The molecule has 1 aliphatic heterocycles. The highest BCUT2D eigenvalue weighted by Gasteiger charge is 2.51. The molecule has 2 fully saturated rings. The summed E-state index contributed by atoms with van der Waals surface area (Å²) in [6, 6.07) is 35.0. The molecule has 1 saturated heterocycles. The maximum atomic E-state index is 13.6. The molecule has 1 unspecified atom stereocenters. The largest absolute Gasteiger partial charge is 0.489 e. The van der Waals surface area contributed by atoms with Gasteiger partial charge in [0.05, 0.1) is 22.7 Å². The average Bonchev–Trinajstić information content (AvgIpc) is 3.73. The van der Waals surface area contributed by atoms with Crippen LogP contribution in [-0.2, 0) is 16.2 Å². The summed E-state index contributed by atoms with van der Waals surface area (Å²) in [7, 11) is 0. The lowest BCUT2D eigenvalue weighted by atomic mass is 9.96. The molecule has 4 aromatic heterocycles. The number of carbonyl (C=O) groups excluding carboxylic acids is 3. The summed E-state index contributed by atoms with van der Waals surface area (Å²) >= 11 is 0. The van der Waals surface area contributed by atoms with Gasteiger partial charge in [0, 0.05) is 36.2 Å². The standard InChI is InChI=1S/C44H38F3N9O4/c45-44(46,47)32-9-6-24-54(26-32)39(58)31-16-14-29(15-17-31)34-10-4-13-37-49-42(53-56(34)37)51-40(59)43(22-23-43)25-38(57)50-41-48-36-12-5-11-35(55(36)52-41)30-18-20-33(21-19-30)60-27-28-7-2-1-3-8-28/h1-5,7-8,10-21,32H,6,9,22-27H2,(H,50,52,57)(H,51,53,59). The molecule has 1 aliphatic carbocycles. The van der Waals surface area contributed by atoms with Crippen LogP contribution in [0.3, 0.4) is 0 Å². The summed E-state index contributed by atoms with van der Waals surface area (Å²) in [5.74, 6) is -1.88. The Bertz CT molecular complexity index is 2710. The maximum absolute atomic E-state index is 13.6. The number of pyridine rings is 2. The molecule has 2 aliphatic rings. The predicted molar refractivity (Wildman–Crippen MR) is 216 cm³/mol. The normalized spacial score (nSPS) is 16.1. The fraction of sp³-hybridized carbons (Fsp3) is 0.250. The van der Waals surface area contributed by atoms with Gasteiger partial charge in [0.2, 0.25) is 23.7 Å². The van der Waals surface area contributed by atoms with E-state index >= 15 is 0 Å². The van der Waals surface area contributed by atoms with Gasteiger partial charge in [-0.3, -0.25) is 25.0 Å². The second-order valence-corrected chi connectivity index (χ2v) is 15.2. The lowest BCUT2D eigenvalue weighted by Crippen LogP contribution is -2.44. The van der Waals surface area contributed by atoms with Gasteiger partial charge in [0.15, 0.2) is 11.3 Å². The molecule has 1 saturated carbocycles. The third-order valence-electron chi connectivity index (χ3n) is 11.0. The van der Waals surface area contributed by atoms with Gasteiger partial charge in [-0.15, -0.1) is 10.2 Å². The number of fused-ring (bicyclic) bond motifs is 2. The highest BCUT2D eigenvalue weighted by atomic mass is 19.4. The van der Waals surface area contributed by atoms with Crippen LogP contribution in [0.2, 0.25) is 0 Å². The smallest absolute Gasteiger partial charge is 0.393 e. The molecule has 0 radical (unpaired) electrons. The quantitative estimate of drug-likeness (QED) is 0.134. The molecule has 13 nitrogen and oxygen atoms in total. The van der Waals surface area contributed by atoms with Gasteiger partial charge in [-0.1, -0.05) is 54.6 Å². The number of amides is 3. The number of anilines is 2. The molecule has 7 aromatic rings. The minimum absolute atomic E-state index is 0.0142. The lowest BCUT2D eigenvalue weighted by Gasteiger charge is -2.33. The summed E-state index contributed by atoms with van der Waals surface area (Å²) < 4.78 is 49.2. The molecule has 60 heavy (non-hydrogen) atoms. The Morgan fingerprint density at radius 3 is 1.93 bits per heavy atom. The van der Waals surface area contributed by atoms with Crippen molar-refractivity contribution in [1.82, 2.24) is 34.1 Å². The summed E-state index contributed by atoms with van der Waals surface area (Å²) in [5, 5.41) is 14.6. The summed E-state index contributed by atoms with van der Waals surface area (Å²) in [6.07, 6.45) is -3.14. The fourth-order valence-corrected chi connectivity index (χ4v) is 7.56. The van der Waals surface area contributed by atoms with Crippen molar-refractivity contribution in [3.05, 3.63) is 126 Å². The first-order valence-electron chi connectivity index (χ1n) is 19.6. The molecular weight excluding hydrogens is 776 g/mol. The zero-order valence-corrected chi connectivity index (χ0v) is 32.1. The van der Waals surface area contributed by atoms with E-state index in [1.54, 1.807) is 57.6 Å². The number of carbonyl (C=O) groups is 3. The number of hydrogen-bond donors (Lipinski definition) is 2. The Morgan fingerprint density at radius 1 is 0.733 bits per heavy atom. The first kappa shape index (κ1) is 38.4. The van der Waals surface area contributed by atoms with Gasteiger partial charge in [-0.25, -0.2) is 9.03 Å². The molecule has 1 atom stereocenters. The van der Waals surface area contributed by atoms with Crippen LogP contribution in [0, 0.1) is 11.3 Å². The SMILES string of the molecule is O=C(CC1(C(=O)Nc2nc3cccc(-c4ccc(C(=O)N5CCCC(C(F)(F)F)C5)cc4)n3n2)CC1)Nc1nc2cccc(-c3ccc(OCc4ccccc4)cc3)n2n1. The van der Waals surface area contributed by atoms with Crippen molar-refractivity contribution in [2.45, 2.75) is 44.9 Å². The fourth-order valence-electron chi connectivity index (χ4n) is 7.56. The van der Waals surface area contributed by atoms with E-state index in [0.717, 1.165) is 22.6 Å². The van der Waals surface area contributed by atoms with Crippen molar-refractivity contribution in [1.29, 1.82) is 0 Å². The zero-order chi connectivity index (χ0) is 41.4. The summed E-state index contributed by atoms with van der Waals surface area (Å²) in [6.45, 7) is 0.373. The number of ether oxygens (including phenoxy) is 1. The van der Waals surface area contributed by atoms with Crippen LogP contribution in [0.4, 0.5) is 25.1 Å². The molecule has 0 bridgehead atoms. The second kappa shape index (κ2) is 15.6.